The number of aryl methyl sites for hydroxylation is 6. The minimum Gasteiger partial charge on any atom is -1.00 e. The predicted octanol–water partition coefficient (Wildman–Crippen LogP) is -0.989. The predicted molar refractivity (Wildman–Crippen MR) is 178 cm³/mol. The molecule has 2 aliphatic rings. The molecule has 0 aromatic heterocycles. The van der Waals surface area contributed by atoms with Gasteiger partial charge in [-0.2, -0.15) is 0 Å². The van der Waals surface area contributed by atoms with Crippen molar-refractivity contribution in [3.63, 3.8) is 0 Å². The normalized spacial score (nSPS) is 20.4. The fourth-order valence-corrected chi connectivity index (χ4v) is 16.1. The molecule has 3 aromatic rings. The molecule has 0 N–H and O–H groups in total. The molecule has 4 unspecified atom stereocenters. The van der Waals surface area contributed by atoms with Crippen LogP contribution >= 0.6 is 0 Å². The van der Waals surface area contributed by atoms with Gasteiger partial charge in [0.2, 0.25) is 0 Å². The zero-order valence-electron chi connectivity index (χ0n) is 27.4. The first-order valence-electron chi connectivity index (χ1n) is 16.4. The van der Waals surface area contributed by atoms with Crippen LogP contribution in [-0.2, 0) is 59.0 Å². The quantitative estimate of drug-likeness (QED) is 0.189. The van der Waals surface area contributed by atoms with Crippen molar-refractivity contribution in [2.75, 3.05) is 0 Å². The van der Waals surface area contributed by atoms with Gasteiger partial charge in [-0.25, -0.2) is 0 Å². The first-order chi connectivity index (χ1) is 19.9. The number of allylic oxidation sites excluding steroid dienone is 4. The van der Waals surface area contributed by atoms with Crippen LogP contribution in [0.4, 0.5) is 0 Å². The van der Waals surface area contributed by atoms with Crippen LogP contribution < -0.4 is 52.8 Å². The summed E-state index contributed by atoms with van der Waals surface area (Å²) in [7, 11) is -2.53. The summed E-state index contributed by atoms with van der Waals surface area (Å²) in [6.07, 6.45) is 17.6. The standard InChI is InChI=1S/C39H49Si.3ClH.Ti/c1-7-28-19-29(8-2)23-35(22-28)40(36-24-30(9-3)20-31(10-4)25-36,37-26-32(11-5)21-33(12-6)27-37)39-18-17-34-15-13-14-16-38(34)39;;;;/h13-16,18-27,34,38-39H,7-12,17H2,1-6H3;3*1H;/q;;;;+3/p-3. The number of hydrogen-bond donors (Lipinski definition) is 0. The Balaban J connectivity index is 0.00000225. The van der Waals surface area contributed by atoms with E-state index in [1.54, 1.807) is 15.6 Å². The summed E-state index contributed by atoms with van der Waals surface area (Å²) < 4.78 is 0.658. The Labute approximate surface area is 299 Å². The van der Waals surface area contributed by atoms with E-state index in [1.807, 2.05) is 0 Å². The number of benzene rings is 3. The van der Waals surface area contributed by atoms with E-state index >= 15 is 0 Å². The Morgan fingerprint density at radius 3 is 1.16 bits per heavy atom. The summed E-state index contributed by atoms with van der Waals surface area (Å²) >= 11 is 2.59. The van der Waals surface area contributed by atoms with Crippen molar-refractivity contribution in [2.24, 2.45) is 11.8 Å². The third-order valence-electron chi connectivity index (χ3n) is 10.1. The smallest absolute Gasteiger partial charge is 1.00 e. The first kappa shape index (κ1) is 39.1. The van der Waals surface area contributed by atoms with Gasteiger partial charge in [-0.1, -0.05) is 0 Å². The molecule has 0 amide bonds. The summed E-state index contributed by atoms with van der Waals surface area (Å²) in [6.45, 7) is 14.0. The summed E-state index contributed by atoms with van der Waals surface area (Å²) in [5.41, 5.74) is 9.62. The Kier molecular flexibility index (Phi) is 15.3. The van der Waals surface area contributed by atoms with Crippen molar-refractivity contribution in [1.82, 2.24) is 0 Å². The molecular weight excluding hydrogens is 651 g/mol. The Hall–Kier alpha value is -1.06. The van der Waals surface area contributed by atoms with Gasteiger partial charge in [-0.15, -0.1) is 0 Å². The molecule has 234 valence electrons. The maximum atomic E-state index is 2.66. The minimum absolute atomic E-state index is 0. The first-order valence-corrected chi connectivity index (χ1v) is 19.3. The third-order valence-corrected chi connectivity index (χ3v) is 17.0. The molecule has 1 fully saturated rings. The van der Waals surface area contributed by atoms with Crippen LogP contribution in [0.3, 0.4) is 0 Å². The van der Waals surface area contributed by atoms with Crippen molar-refractivity contribution in [3.8, 4) is 0 Å². The third kappa shape index (κ3) is 7.40. The molecule has 5 heteroatoms. The number of rotatable bonds is 10. The van der Waals surface area contributed by atoms with Crippen molar-refractivity contribution in [3.05, 3.63) is 112 Å². The molecule has 0 aliphatic heterocycles. The van der Waals surface area contributed by atoms with Gasteiger partial charge in [-0.05, 0) is 0 Å². The van der Waals surface area contributed by atoms with Crippen molar-refractivity contribution in [2.45, 2.75) is 96.3 Å². The van der Waals surface area contributed by atoms with E-state index in [1.165, 1.54) is 39.8 Å². The average Bonchev–Trinajstić information content (AvgIpc) is 3.36. The zero-order chi connectivity index (χ0) is 29.1. The average molecular weight is 700 g/mol. The largest absolute Gasteiger partial charge is 1.00 e. The van der Waals surface area contributed by atoms with Gasteiger partial charge in [0.1, 0.15) is 0 Å². The van der Waals surface area contributed by atoms with Crippen LogP contribution in [0, 0.1) is 11.8 Å². The van der Waals surface area contributed by atoms with Crippen LogP contribution in [-0.4, -0.2) is 8.07 Å². The van der Waals surface area contributed by atoms with Crippen molar-refractivity contribution in [1.29, 1.82) is 0 Å². The molecule has 0 heterocycles. The molecule has 0 radical (unpaired) electrons. The molecular formula is C39H49Cl3SiTi. The SMILES string of the molecule is CCc1cc(CC)cc([Si](c2cc(CC)cc(CC)c2)(c2cc(CC)cc(CC)c2)C2[CH]([Ti+3])CC3C=CC=CC32)c1.[Cl-].[Cl-].[Cl-]. The van der Waals surface area contributed by atoms with E-state index in [9.17, 15) is 0 Å². The van der Waals surface area contributed by atoms with E-state index in [0.717, 1.165) is 38.5 Å². The van der Waals surface area contributed by atoms with E-state index in [2.05, 4.69) is 141 Å². The Bertz CT molecular complexity index is 1240. The van der Waals surface area contributed by atoms with Crippen LogP contribution in [0.25, 0.3) is 0 Å². The van der Waals surface area contributed by atoms with Crippen LogP contribution in [0.1, 0.15) is 81.3 Å². The second-order valence-electron chi connectivity index (χ2n) is 12.4. The van der Waals surface area contributed by atoms with Gasteiger partial charge in [0.15, 0.2) is 0 Å². The van der Waals surface area contributed by atoms with E-state index < -0.39 is 8.07 Å². The van der Waals surface area contributed by atoms with Crippen LogP contribution in [0.5, 0.6) is 0 Å². The van der Waals surface area contributed by atoms with Crippen molar-refractivity contribution >= 4 is 23.6 Å². The summed E-state index contributed by atoms with van der Waals surface area (Å²) in [5.74, 6) is 1.23. The van der Waals surface area contributed by atoms with Gasteiger partial charge in [-0.3, -0.25) is 0 Å². The van der Waals surface area contributed by atoms with Gasteiger partial charge in [0.25, 0.3) is 0 Å². The van der Waals surface area contributed by atoms with Crippen LogP contribution in [0.15, 0.2) is 78.9 Å². The van der Waals surface area contributed by atoms with Gasteiger partial charge < -0.3 is 37.2 Å². The number of hydrogen-bond acceptors (Lipinski definition) is 0. The molecule has 1 saturated carbocycles. The molecule has 2 aliphatic carbocycles. The molecule has 3 aromatic carbocycles. The molecule has 0 bridgehead atoms. The number of fused-ring (bicyclic) bond motifs is 1. The van der Waals surface area contributed by atoms with Gasteiger partial charge in [0, 0.05) is 0 Å². The van der Waals surface area contributed by atoms with E-state index in [4.69, 9.17) is 0 Å². The monoisotopic (exact) mass is 698 g/mol. The Morgan fingerprint density at radius 2 is 0.841 bits per heavy atom. The Morgan fingerprint density at radius 1 is 0.523 bits per heavy atom. The topological polar surface area (TPSA) is 0 Å². The molecule has 4 atom stereocenters. The van der Waals surface area contributed by atoms with Crippen LogP contribution in [0.2, 0.25) is 9.76 Å². The molecule has 44 heavy (non-hydrogen) atoms. The summed E-state index contributed by atoms with van der Waals surface area (Å²) in [4.78, 5) is 0. The van der Waals surface area contributed by atoms with Crippen molar-refractivity contribution < 1.29 is 57.7 Å². The minimum atomic E-state index is -2.53. The second-order valence-corrected chi connectivity index (χ2v) is 17.6. The summed E-state index contributed by atoms with van der Waals surface area (Å²) in [6, 6.07) is 23.4. The molecule has 5 rings (SSSR count). The maximum Gasteiger partial charge on any atom is -1.00 e. The molecule has 0 saturated heterocycles. The second kappa shape index (κ2) is 17.2. The maximum absolute atomic E-state index is 2.66. The van der Waals surface area contributed by atoms with E-state index in [-0.39, 0.29) is 37.2 Å². The molecule has 0 spiro atoms. The number of halogens is 3. The van der Waals surface area contributed by atoms with Gasteiger partial charge in [0.05, 0.1) is 0 Å². The summed E-state index contributed by atoms with van der Waals surface area (Å²) in [5, 5.41) is 4.96. The molecule has 0 nitrogen and oxygen atoms in total. The fraction of sp³-hybridized carbons (Fsp3) is 0.436. The van der Waals surface area contributed by atoms with E-state index in [0.29, 0.717) is 21.6 Å². The zero-order valence-corrected chi connectivity index (χ0v) is 32.2. The fourth-order valence-electron chi connectivity index (χ4n) is 7.86. The van der Waals surface area contributed by atoms with Gasteiger partial charge >= 0.3 is 264 Å².